The van der Waals surface area contributed by atoms with Gasteiger partial charge in [-0.3, -0.25) is 9.78 Å². The molecule has 1 aromatic carbocycles. The molecule has 0 spiro atoms. The maximum absolute atomic E-state index is 12.7. The molecular formula is C21H22B3N5O2. The molecule has 0 bridgehead atoms. The normalized spacial score (nSPS) is 11.4. The number of nitrogens with one attached hydrogen (secondary N) is 1. The summed E-state index contributed by atoms with van der Waals surface area (Å²) in [6.45, 7) is 1.96. The number of carbonyl (C=O) groups is 1. The lowest BCUT2D eigenvalue weighted by atomic mass is 9.52. The second-order valence-electron chi connectivity index (χ2n) is 8.43. The van der Waals surface area contributed by atoms with Crippen molar-refractivity contribution in [1.29, 1.82) is 0 Å². The number of pyridine rings is 2. The molecular weight excluding hydrogens is 387 g/mol. The number of rotatable bonds is 5. The molecule has 0 aliphatic heterocycles. The molecule has 0 atom stereocenters. The Bertz CT molecular complexity index is 1270. The van der Waals surface area contributed by atoms with Gasteiger partial charge in [-0.1, -0.05) is 0 Å². The predicted octanol–water partition coefficient (Wildman–Crippen LogP) is 0.480. The van der Waals surface area contributed by atoms with Gasteiger partial charge < -0.3 is 14.6 Å². The maximum atomic E-state index is 12.7. The Kier molecular flexibility index (Phi) is 5.31. The lowest BCUT2D eigenvalue weighted by Crippen LogP contribution is -2.37. The highest BCUT2D eigenvalue weighted by molar-refractivity contribution is 6.58. The Labute approximate surface area is 183 Å². The number of aromatic nitrogens is 4. The maximum Gasteiger partial charge on any atom is 0.256 e. The summed E-state index contributed by atoms with van der Waals surface area (Å²) in [5, 5.41) is 3.45. The third kappa shape index (κ3) is 4.63. The molecule has 1 N–H and O–H groups in total. The first kappa shape index (κ1) is 20.7. The second kappa shape index (κ2) is 7.94. The van der Waals surface area contributed by atoms with Crippen LogP contribution in [-0.2, 0) is 7.05 Å². The third-order valence-electron chi connectivity index (χ3n) is 4.87. The standard InChI is InChI=1S/C21H22B3N5O2/c1-12-25-11-18(29(12)2)15-7-14-8-19(27-10-17(14)26-9-15)28-20(30)13-3-5-16(6-4-13)31-21(22,23)24/h3-11H,22-24H2,1-2H3,(H,27,28,30). The summed E-state index contributed by atoms with van der Waals surface area (Å²) in [5.74, 6) is 1.88. The Balaban J connectivity index is 1.55. The van der Waals surface area contributed by atoms with Crippen molar-refractivity contribution in [2.45, 2.75) is 12.2 Å². The zero-order valence-electron chi connectivity index (χ0n) is 18.3. The van der Waals surface area contributed by atoms with Crippen LogP contribution in [0.4, 0.5) is 5.82 Å². The van der Waals surface area contributed by atoms with Crippen LogP contribution < -0.4 is 10.1 Å². The number of aryl methyl sites for hydroxylation is 1. The first-order chi connectivity index (χ1) is 14.7. The fourth-order valence-corrected chi connectivity index (χ4v) is 3.23. The van der Waals surface area contributed by atoms with Crippen molar-refractivity contribution in [2.75, 3.05) is 5.32 Å². The summed E-state index contributed by atoms with van der Waals surface area (Å²) in [6, 6.07) is 10.9. The van der Waals surface area contributed by atoms with Gasteiger partial charge >= 0.3 is 0 Å². The summed E-state index contributed by atoms with van der Waals surface area (Å²) < 4.78 is 7.82. The van der Waals surface area contributed by atoms with Crippen LogP contribution in [0.3, 0.4) is 0 Å². The highest BCUT2D eigenvalue weighted by Gasteiger charge is 2.14. The number of amides is 1. The molecule has 0 aliphatic carbocycles. The van der Waals surface area contributed by atoms with Gasteiger partial charge in [0.25, 0.3) is 5.91 Å². The van der Waals surface area contributed by atoms with E-state index in [9.17, 15) is 4.79 Å². The largest absolute Gasteiger partial charge is 0.514 e. The van der Waals surface area contributed by atoms with Crippen LogP contribution in [0, 0.1) is 6.92 Å². The van der Waals surface area contributed by atoms with E-state index >= 15 is 0 Å². The summed E-state index contributed by atoms with van der Waals surface area (Å²) in [4.78, 5) is 25.8. The van der Waals surface area contributed by atoms with Gasteiger partial charge in [0.15, 0.2) is 0 Å². The van der Waals surface area contributed by atoms with Gasteiger partial charge in [0, 0.05) is 35.1 Å². The van der Waals surface area contributed by atoms with Crippen molar-refractivity contribution in [3.63, 3.8) is 0 Å². The van der Waals surface area contributed by atoms with Crippen LogP contribution in [-0.4, -0.2) is 54.3 Å². The number of benzene rings is 1. The number of hydrogen-bond acceptors (Lipinski definition) is 5. The van der Waals surface area contributed by atoms with Gasteiger partial charge in [0.05, 0.1) is 23.6 Å². The lowest BCUT2D eigenvalue weighted by Gasteiger charge is -2.21. The molecule has 4 aromatic rings. The van der Waals surface area contributed by atoms with Crippen molar-refractivity contribution >= 4 is 46.2 Å². The number of anilines is 1. The highest BCUT2D eigenvalue weighted by atomic mass is 16.5. The molecule has 0 radical (unpaired) electrons. The number of fused-ring (bicyclic) bond motifs is 1. The Morgan fingerprint density at radius 1 is 1.03 bits per heavy atom. The lowest BCUT2D eigenvalue weighted by molar-refractivity contribution is 0.102. The molecule has 31 heavy (non-hydrogen) atoms. The van der Waals surface area contributed by atoms with Gasteiger partial charge in [-0.05, 0) is 43.3 Å². The first-order valence-electron chi connectivity index (χ1n) is 10.0. The minimum absolute atomic E-state index is 0.236. The summed E-state index contributed by atoms with van der Waals surface area (Å²) in [7, 11) is 7.91. The van der Waals surface area contributed by atoms with Gasteiger partial charge in [-0.15, -0.1) is 0 Å². The van der Waals surface area contributed by atoms with Crippen molar-refractivity contribution in [1.82, 2.24) is 19.5 Å². The van der Waals surface area contributed by atoms with Gasteiger partial charge in [0.1, 0.15) is 40.9 Å². The van der Waals surface area contributed by atoms with Crippen molar-refractivity contribution < 1.29 is 9.53 Å². The van der Waals surface area contributed by atoms with Gasteiger partial charge in [-0.2, -0.15) is 0 Å². The average Bonchev–Trinajstić information content (AvgIpc) is 3.05. The topological polar surface area (TPSA) is 81.9 Å². The summed E-state index contributed by atoms with van der Waals surface area (Å²) in [6.07, 6.45) is 5.29. The van der Waals surface area contributed by atoms with Crippen LogP contribution in [0.25, 0.3) is 22.2 Å². The van der Waals surface area contributed by atoms with E-state index in [0.29, 0.717) is 11.4 Å². The molecule has 0 unspecified atom stereocenters. The van der Waals surface area contributed by atoms with E-state index in [1.54, 1.807) is 36.7 Å². The van der Waals surface area contributed by atoms with Crippen molar-refractivity contribution in [3.05, 3.63) is 66.4 Å². The Hall–Kier alpha value is -3.55. The van der Waals surface area contributed by atoms with Gasteiger partial charge in [-0.25, -0.2) is 9.97 Å². The third-order valence-corrected chi connectivity index (χ3v) is 4.87. The molecule has 1 amide bonds. The minimum atomic E-state index is -0.292. The van der Waals surface area contributed by atoms with Crippen LogP contribution in [0.2, 0.25) is 0 Å². The van der Waals surface area contributed by atoms with E-state index in [1.165, 1.54) is 0 Å². The number of carbonyl (C=O) groups excluding carboxylic acids is 1. The van der Waals surface area contributed by atoms with E-state index in [0.717, 1.165) is 33.7 Å². The molecule has 0 saturated heterocycles. The Morgan fingerprint density at radius 2 is 1.77 bits per heavy atom. The molecule has 0 fully saturated rings. The SMILES string of the molecule is BC(B)(B)Oc1ccc(C(=O)Nc2cc3cc(-c4cnc(C)n4C)cnc3cn2)cc1. The summed E-state index contributed by atoms with van der Waals surface area (Å²) >= 11 is 0. The van der Waals surface area contributed by atoms with E-state index in [1.807, 2.05) is 60.4 Å². The highest BCUT2D eigenvalue weighted by Crippen LogP contribution is 2.24. The van der Waals surface area contributed by atoms with Gasteiger partial charge in [0.2, 0.25) is 0 Å². The van der Waals surface area contributed by atoms with Crippen molar-refractivity contribution in [2.24, 2.45) is 7.05 Å². The molecule has 4 rings (SSSR count). The predicted molar refractivity (Wildman–Crippen MR) is 130 cm³/mol. The average molecular weight is 409 g/mol. The van der Waals surface area contributed by atoms with E-state index in [4.69, 9.17) is 4.74 Å². The molecule has 3 heterocycles. The second-order valence-corrected chi connectivity index (χ2v) is 8.43. The minimum Gasteiger partial charge on any atom is -0.514 e. The number of imidazole rings is 1. The van der Waals surface area contributed by atoms with Crippen LogP contribution in [0.5, 0.6) is 5.75 Å². The molecule has 7 nitrogen and oxygen atoms in total. The first-order valence-corrected chi connectivity index (χ1v) is 10.0. The van der Waals surface area contributed by atoms with Crippen LogP contribution in [0.1, 0.15) is 16.2 Å². The van der Waals surface area contributed by atoms with E-state index in [2.05, 4.69) is 20.3 Å². The molecule has 0 saturated carbocycles. The number of ether oxygens (including phenoxy) is 1. The summed E-state index contributed by atoms with van der Waals surface area (Å²) in [5.41, 5.74) is 3.21. The van der Waals surface area contributed by atoms with E-state index < -0.39 is 0 Å². The quantitative estimate of drug-likeness (QED) is 0.486. The molecule has 10 heteroatoms. The van der Waals surface area contributed by atoms with Crippen LogP contribution in [0.15, 0.2) is 55.0 Å². The number of nitrogens with zero attached hydrogens (tertiary/aromatic N) is 4. The monoisotopic (exact) mass is 409 g/mol. The zero-order chi connectivity index (χ0) is 22.2. The fourth-order valence-electron chi connectivity index (χ4n) is 3.23. The smallest absolute Gasteiger partial charge is 0.256 e. The fraction of sp³-hybridized carbons (Fsp3) is 0.143. The molecule has 0 aliphatic rings. The van der Waals surface area contributed by atoms with Crippen LogP contribution >= 0.6 is 0 Å². The van der Waals surface area contributed by atoms with Crippen molar-refractivity contribution in [3.8, 4) is 17.0 Å². The molecule has 152 valence electrons. The van der Waals surface area contributed by atoms with E-state index in [-0.39, 0.29) is 11.2 Å². The molecule has 3 aromatic heterocycles. The number of hydrogen-bond donors (Lipinski definition) is 1. The Morgan fingerprint density at radius 3 is 2.42 bits per heavy atom. The zero-order valence-corrected chi connectivity index (χ0v) is 18.3.